The van der Waals surface area contributed by atoms with Gasteiger partial charge in [-0.25, -0.2) is 13.9 Å². The molecule has 0 saturated carbocycles. The molecule has 5 nitrogen and oxygen atoms in total. The molecular formula is C19H13FN2O3S3. The summed E-state index contributed by atoms with van der Waals surface area (Å²) >= 11 is 8.21. The summed E-state index contributed by atoms with van der Waals surface area (Å²) < 4.78 is 26.5. The highest BCUT2D eigenvalue weighted by Crippen LogP contribution is 2.30. The number of hydrogen-bond acceptors (Lipinski definition) is 7. The van der Waals surface area contributed by atoms with Crippen molar-refractivity contribution in [2.24, 2.45) is 0 Å². The van der Waals surface area contributed by atoms with Crippen LogP contribution in [-0.4, -0.2) is 16.9 Å². The van der Waals surface area contributed by atoms with Crippen molar-refractivity contribution in [1.29, 1.82) is 0 Å². The van der Waals surface area contributed by atoms with Gasteiger partial charge < -0.3 is 9.15 Å². The topological polar surface area (TPSA) is 57.3 Å². The summed E-state index contributed by atoms with van der Waals surface area (Å²) in [6.07, 6.45) is 0. The van der Waals surface area contributed by atoms with Crippen LogP contribution in [0.5, 0.6) is 5.75 Å². The van der Waals surface area contributed by atoms with E-state index in [0.29, 0.717) is 26.7 Å². The van der Waals surface area contributed by atoms with Gasteiger partial charge in [0.1, 0.15) is 17.1 Å². The summed E-state index contributed by atoms with van der Waals surface area (Å²) in [5.74, 6) is 0.836. The fourth-order valence-electron chi connectivity index (χ4n) is 2.66. The number of benzene rings is 2. The van der Waals surface area contributed by atoms with Crippen LogP contribution in [0.2, 0.25) is 0 Å². The number of nitrogens with zero attached hydrogens (tertiary/aromatic N) is 2. The van der Waals surface area contributed by atoms with Crippen molar-refractivity contribution in [3.8, 4) is 11.4 Å². The number of aromatic nitrogens is 2. The smallest absolute Gasteiger partial charge is 0.336 e. The molecule has 0 aliphatic carbocycles. The van der Waals surface area contributed by atoms with Crippen molar-refractivity contribution in [3.05, 3.63) is 74.3 Å². The standard InChI is InChI=1S/C19H13FN2O3S3/c1-24-14-6-7-15-11(8-17(23)25-16(15)9-14)10-27-18-21-22(19(26)28-18)13-4-2-12(20)3-5-13/h2-9H,10H2,1H3. The van der Waals surface area contributed by atoms with Gasteiger partial charge >= 0.3 is 5.63 Å². The lowest BCUT2D eigenvalue weighted by molar-refractivity contribution is 0.414. The van der Waals surface area contributed by atoms with E-state index in [1.165, 1.54) is 41.3 Å². The molecule has 0 radical (unpaired) electrons. The maximum Gasteiger partial charge on any atom is 0.336 e. The minimum absolute atomic E-state index is 0.313. The molecule has 0 spiro atoms. The highest BCUT2D eigenvalue weighted by atomic mass is 32.2. The van der Waals surface area contributed by atoms with Gasteiger partial charge in [-0.15, -0.1) is 5.10 Å². The second-order valence-electron chi connectivity index (χ2n) is 5.76. The highest BCUT2D eigenvalue weighted by Gasteiger charge is 2.11. The van der Waals surface area contributed by atoms with Gasteiger partial charge in [0, 0.05) is 23.3 Å². The van der Waals surface area contributed by atoms with Crippen molar-refractivity contribution < 1.29 is 13.5 Å². The fourth-order valence-corrected chi connectivity index (χ4v) is 5.01. The monoisotopic (exact) mass is 432 g/mol. The second-order valence-corrected chi connectivity index (χ2v) is 8.61. The molecule has 0 fully saturated rings. The third-order valence-corrected chi connectivity index (χ3v) is 6.40. The van der Waals surface area contributed by atoms with Crippen LogP contribution in [0.1, 0.15) is 5.56 Å². The normalized spacial score (nSPS) is 11.1. The van der Waals surface area contributed by atoms with Crippen LogP contribution in [-0.2, 0) is 5.75 Å². The minimum Gasteiger partial charge on any atom is -0.497 e. The number of thioether (sulfide) groups is 1. The predicted molar refractivity (Wildman–Crippen MR) is 111 cm³/mol. The van der Waals surface area contributed by atoms with E-state index < -0.39 is 5.63 Å². The Morgan fingerprint density at radius 1 is 1.25 bits per heavy atom. The summed E-state index contributed by atoms with van der Waals surface area (Å²) in [6.45, 7) is 0. The molecule has 0 bridgehead atoms. The molecule has 9 heteroatoms. The Hall–Kier alpha value is -2.49. The third-order valence-electron chi connectivity index (χ3n) is 3.99. The van der Waals surface area contributed by atoms with E-state index in [9.17, 15) is 9.18 Å². The van der Waals surface area contributed by atoms with Gasteiger partial charge in [0.2, 0.25) is 0 Å². The number of halogens is 1. The Morgan fingerprint density at radius 3 is 2.79 bits per heavy atom. The quantitative estimate of drug-likeness (QED) is 0.245. The molecule has 0 atom stereocenters. The van der Waals surface area contributed by atoms with Crippen LogP contribution < -0.4 is 10.4 Å². The minimum atomic E-state index is -0.416. The number of rotatable bonds is 5. The lowest BCUT2D eigenvalue weighted by Gasteiger charge is -2.06. The summed E-state index contributed by atoms with van der Waals surface area (Å²) in [7, 11) is 1.56. The summed E-state index contributed by atoms with van der Waals surface area (Å²) in [5.41, 5.74) is 1.61. The summed E-state index contributed by atoms with van der Waals surface area (Å²) in [4.78, 5) is 11.9. The SMILES string of the molecule is COc1ccc2c(CSc3nn(-c4ccc(F)cc4)c(=S)s3)cc(=O)oc2c1. The Bertz CT molecular complexity index is 1260. The number of methoxy groups -OCH3 is 1. The van der Waals surface area contributed by atoms with Gasteiger partial charge in [0.05, 0.1) is 12.8 Å². The van der Waals surface area contributed by atoms with E-state index in [2.05, 4.69) is 5.10 Å². The Morgan fingerprint density at radius 2 is 2.04 bits per heavy atom. The van der Waals surface area contributed by atoms with Gasteiger partial charge in [-0.2, -0.15) is 0 Å². The summed E-state index contributed by atoms with van der Waals surface area (Å²) in [5, 5.41) is 5.35. The Kier molecular flexibility index (Phi) is 5.29. The Labute approximate surface area is 172 Å². The second kappa shape index (κ2) is 7.86. The first kappa shape index (κ1) is 18.9. The molecular weight excluding hydrogens is 419 g/mol. The number of fused-ring (bicyclic) bond motifs is 1. The average Bonchev–Trinajstić information content (AvgIpc) is 3.06. The van der Waals surface area contributed by atoms with E-state index in [4.69, 9.17) is 21.4 Å². The number of hydrogen-bond donors (Lipinski definition) is 0. The zero-order valence-corrected chi connectivity index (χ0v) is 17.0. The largest absolute Gasteiger partial charge is 0.497 e. The van der Waals surface area contributed by atoms with Crippen LogP contribution in [0.15, 0.2) is 62.1 Å². The van der Waals surface area contributed by atoms with Crippen LogP contribution in [0.25, 0.3) is 16.7 Å². The zero-order valence-electron chi connectivity index (χ0n) is 14.5. The van der Waals surface area contributed by atoms with Gasteiger partial charge in [-0.3, -0.25) is 0 Å². The van der Waals surface area contributed by atoms with Crippen LogP contribution in [0.4, 0.5) is 4.39 Å². The van der Waals surface area contributed by atoms with E-state index in [1.54, 1.807) is 30.0 Å². The molecule has 0 N–H and O–H groups in total. The highest BCUT2D eigenvalue weighted by molar-refractivity contribution is 8.00. The number of ether oxygens (including phenoxy) is 1. The molecule has 4 rings (SSSR count). The predicted octanol–water partition coefficient (Wildman–Crippen LogP) is 5.21. The first-order valence-corrected chi connectivity index (χ1v) is 10.3. The maximum atomic E-state index is 13.1. The molecule has 2 aromatic heterocycles. The van der Waals surface area contributed by atoms with E-state index in [-0.39, 0.29) is 5.82 Å². The molecule has 4 aromatic rings. The molecule has 0 amide bonds. The molecule has 28 heavy (non-hydrogen) atoms. The molecule has 0 saturated heterocycles. The zero-order chi connectivity index (χ0) is 19.7. The van der Waals surface area contributed by atoms with Crippen molar-refractivity contribution in [1.82, 2.24) is 9.78 Å². The molecule has 2 aromatic carbocycles. The van der Waals surface area contributed by atoms with Crippen LogP contribution >= 0.6 is 35.3 Å². The van der Waals surface area contributed by atoms with Crippen LogP contribution in [0.3, 0.4) is 0 Å². The fraction of sp³-hybridized carbons (Fsp3) is 0.105. The molecule has 0 aliphatic rings. The van der Waals surface area contributed by atoms with Crippen molar-refractivity contribution in [2.75, 3.05) is 7.11 Å². The van der Waals surface area contributed by atoms with Gasteiger partial charge in [-0.1, -0.05) is 23.1 Å². The van der Waals surface area contributed by atoms with Gasteiger partial charge in [0.25, 0.3) is 0 Å². The van der Waals surface area contributed by atoms with E-state index >= 15 is 0 Å². The Balaban J connectivity index is 1.62. The van der Waals surface area contributed by atoms with Crippen molar-refractivity contribution >= 4 is 46.3 Å². The lowest BCUT2D eigenvalue weighted by atomic mass is 10.1. The molecule has 2 heterocycles. The van der Waals surface area contributed by atoms with E-state index in [0.717, 1.165) is 15.3 Å². The molecule has 0 aliphatic heterocycles. The first-order chi connectivity index (χ1) is 13.5. The van der Waals surface area contributed by atoms with Gasteiger partial charge in [0.15, 0.2) is 8.29 Å². The lowest BCUT2D eigenvalue weighted by Crippen LogP contribution is -2.00. The van der Waals surface area contributed by atoms with Gasteiger partial charge in [-0.05, 0) is 54.2 Å². The maximum absolute atomic E-state index is 13.1. The van der Waals surface area contributed by atoms with E-state index in [1.807, 2.05) is 12.1 Å². The molecule has 0 unspecified atom stereocenters. The molecule has 142 valence electrons. The first-order valence-electron chi connectivity index (χ1n) is 8.13. The third kappa shape index (κ3) is 3.87. The van der Waals surface area contributed by atoms with Crippen molar-refractivity contribution in [2.45, 2.75) is 10.1 Å². The average molecular weight is 433 g/mol. The van der Waals surface area contributed by atoms with Crippen LogP contribution in [0, 0.1) is 9.77 Å². The van der Waals surface area contributed by atoms with Crippen molar-refractivity contribution in [3.63, 3.8) is 0 Å². The summed E-state index contributed by atoms with van der Waals surface area (Å²) in [6, 6.07) is 12.9.